The molecule has 2 N–H and O–H groups in total. The van der Waals surface area contributed by atoms with Crippen molar-refractivity contribution < 1.29 is 23.8 Å². The van der Waals surface area contributed by atoms with Gasteiger partial charge in [-0.3, -0.25) is 9.59 Å². The van der Waals surface area contributed by atoms with Crippen LogP contribution in [-0.2, 0) is 9.59 Å². The molecule has 0 aliphatic rings. The van der Waals surface area contributed by atoms with E-state index in [2.05, 4.69) is 10.6 Å². The second-order valence-electron chi connectivity index (χ2n) is 5.54. The largest absolute Gasteiger partial charge is 0.497 e. The monoisotopic (exact) mass is 370 g/mol. The van der Waals surface area contributed by atoms with Gasteiger partial charge in [-0.05, 0) is 48.0 Å². The molecule has 2 aromatic carbocycles. The Kier molecular flexibility index (Phi) is 6.82. The number of nitrogens with one attached hydrogen (secondary N) is 2. The predicted molar refractivity (Wildman–Crippen MR) is 103 cm³/mol. The van der Waals surface area contributed by atoms with E-state index in [1.807, 2.05) is 0 Å². The van der Waals surface area contributed by atoms with Crippen molar-refractivity contribution in [3.63, 3.8) is 0 Å². The number of methoxy groups -OCH3 is 3. The van der Waals surface area contributed by atoms with Crippen molar-refractivity contribution in [3.8, 4) is 17.2 Å². The van der Waals surface area contributed by atoms with Crippen LogP contribution < -0.4 is 24.8 Å². The Morgan fingerprint density at radius 1 is 0.889 bits per heavy atom. The number of rotatable bonds is 7. The van der Waals surface area contributed by atoms with Crippen molar-refractivity contribution in [1.29, 1.82) is 0 Å². The number of anilines is 1. The van der Waals surface area contributed by atoms with Crippen LogP contribution in [0.25, 0.3) is 6.08 Å². The minimum absolute atomic E-state index is 0.102. The van der Waals surface area contributed by atoms with Gasteiger partial charge in [0.05, 0.1) is 21.3 Å². The van der Waals surface area contributed by atoms with Crippen LogP contribution in [-0.4, -0.2) is 33.1 Å². The highest BCUT2D eigenvalue weighted by Crippen LogP contribution is 2.28. The van der Waals surface area contributed by atoms with E-state index in [0.717, 1.165) is 0 Å². The molecule has 27 heavy (non-hydrogen) atoms. The molecule has 0 saturated heterocycles. The summed E-state index contributed by atoms with van der Waals surface area (Å²) in [6.07, 6.45) is 1.56. The van der Waals surface area contributed by atoms with Crippen molar-refractivity contribution in [2.75, 3.05) is 26.6 Å². The summed E-state index contributed by atoms with van der Waals surface area (Å²) >= 11 is 0. The molecule has 0 aliphatic heterocycles. The Morgan fingerprint density at radius 2 is 1.56 bits per heavy atom. The Hall–Kier alpha value is -3.48. The average molecular weight is 370 g/mol. The van der Waals surface area contributed by atoms with Crippen LogP contribution >= 0.6 is 0 Å². The third-order valence-electron chi connectivity index (χ3n) is 3.62. The first-order valence-corrected chi connectivity index (χ1v) is 8.13. The van der Waals surface area contributed by atoms with Gasteiger partial charge in [0, 0.05) is 12.6 Å². The smallest absolute Gasteiger partial charge is 0.272 e. The molecular formula is C20H22N2O5. The number of carbonyl (C=O) groups is 2. The highest BCUT2D eigenvalue weighted by molar-refractivity contribution is 6.08. The van der Waals surface area contributed by atoms with Gasteiger partial charge in [-0.2, -0.15) is 0 Å². The average Bonchev–Trinajstić information content (AvgIpc) is 2.67. The van der Waals surface area contributed by atoms with Gasteiger partial charge in [-0.15, -0.1) is 0 Å². The molecule has 0 spiro atoms. The quantitative estimate of drug-likeness (QED) is 0.732. The van der Waals surface area contributed by atoms with Crippen LogP contribution in [0, 0.1) is 0 Å². The van der Waals surface area contributed by atoms with Gasteiger partial charge in [-0.25, -0.2) is 0 Å². The lowest BCUT2D eigenvalue weighted by Crippen LogP contribution is -2.28. The summed E-state index contributed by atoms with van der Waals surface area (Å²) in [5, 5.41) is 5.29. The molecular weight excluding hydrogens is 348 g/mol. The summed E-state index contributed by atoms with van der Waals surface area (Å²) in [5.41, 5.74) is 1.34. The molecule has 0 aliphatic carbocycles. The van der Waals surface area contributed by atoms with Gasteiger partial charge in [0.2, 0.25) is 5.91 Å². The van der Waals surface area contributed by atoms with E-state index in [0.29, 0.717) is 28.5 Å². The van der Waals surface area contributed by atoms with E-state index >= 15 is 0 Å². The Balaban J connectivity index is 2.28. The normalized spacial score (nSPS) is 10.7. The first-order chi connectivity index (χ1) is 13.0. The van der Waals surface area contributed by atoms with E-state index in [4.69, 9.17) is 14.2 Å². The molecule has 0 fully saturated rings. The Labute approximate surface area is 157 Å². The SMILES string of the molecule is COc1ccc(NC(=O)/C(=C\c2ccc(OC)c(OC)c2)NC(C)=O)cc1. The van der Waals surface area contributed by atoms with Crippen LogP contribution in [0.5, 0.6) is 17.2 Å². The third kappa shape index (κ3) is 5.50. The van der Waals surface area contributed by atoms with Crippen LogP contribution in [0.2, 0.25) is 0 Å². The van der Waals surface area contributed by atoms with E-state index in [9.17, 15) is 9.59 Å². The zero-order chi connectivity index (χ0) is 19.8. The van der Waals surface area contributed by atoms with E-state index in [1.54, 1.807) is 62.8 Å². The molecule has 0 heterocycles. The van der Waals surface area contributed by atoms with Gasteiger partial charge in [-0.1, -0.05) is 6.07 Å². The van der Waals surface area contributed by atoms with Crippen molar-refractivity contribution in [2.24, 2.45) is 0 Å². The first-order valence-electron chi connectivity index (χ1n) is 8.13. The van der Waals surface area contributed by atoms with Crippen molar-refractivity contribution >= 4 is 23.6 Å². The standard InChI is InChI=1S/C20H22N2O5/c1-13(23)21-17(11-14-5-10-18(26-3)19(12-14)27-4)20(24)22-15-6-8-16(25-2)9-7-15/h5-12H,1-4H3,(H,21,23)(H,22,24)/b17-11+. The number of hydrogen-bond acceptors (Lipinski definition) is 5. The summed E-state index contributed by atoms with van der Waals surface area (Å²) in [6.45, 7) is 1.34. The van der Waals surface area contributed by atoms with Gasteiger partial charge in [0.25, 0.3) is 5.91 Å². The maximum Gasteiger partial charge on any atom is 0.272 e. The number of ether oxygens (including phenoxy) is 3. The summed E-state index contributed by atoms with van der Waals surface area (Å²) < 4.78 is 15.6. The summed E-state index contributed by atoms with van der Waals surface area (Å²) in [7, 11) is 4.63. The van der Waals surface area contributed by atoms with Crippen molar-refractivity contribution in [2.45, 2.75) is 6.92 Å². The highest BCUT2D eigenvalue weighted by Gasteiger charge is 2.13. The molecule has 2 aromatic rings. The number of benzene rings is 2. The molecule has 0 bridgehead atoms. The predicted octanol–water partition coefficient (Wildman–Crippen LogP) is 2.83. The topological polar surface area (TPSA) is 85.9 Å². The minimum atomic E-state index is -0.454. The first kappa shape index (κ1) is 19.8. The second kappa shape index (κ2) is 9.28. The van der Waals surface area contributed by atoms with Gasteiger partial charge in [0.15, 0.2) is 11.5 Å². The number of carbonyl (C=O) groups excluding carboxylic acids is 2. The molecule has 0 atom stereocenters. The molecule has 2 amide bonds. The van der Waals surface area contributed by atoms with Crippen LogP contribution in [0.3, 0.4) is 0 Å². The van der Waals surface area contributed by atoms with Crippen LogP contribution in [0.15, 0.2) is 48.2 Å². The van der Waals surface area contributed by atoms with Gasteiger partial charge >= 0.3 is 0 Å². The maximum absolute atomic E-state index is 12.6. The Morgan fingerprint density at radius 3 is 2.11 bits per heavy atom. The zero-order valence-electron chi connectivity index (χ0n) is 15.7. The van der Waals surface area contributed by atoms with Crippen LogP contribution in [0.4, 0.5) is 5.69 Å². The molecule has 7 nitrogen and oxygen atoms in total. The lowest BCUT2D eigenvalue weighted by molar-refractivity contribution is -0.120. The van der Waals surface area contributed by atoms with Gasteiger partial charge < -0.3 is 24.8 Å². The van der Waals surface area contributed by atoms with Crippen molar-refractivity contribution in [3.05, 3.63) is 53.7 Å². The fraction of sp³-hybridized carbons (Fsp3) is 0.200. The number of hydrogen-bond donors (Lipinski definition) is 2. The zero-order valence-corrected chi connectivity index (χ0v) is 15.7. The molecule has 0 aromatic heterocycles. The fourth-order valence-corrected chi connectivity index (χ4v) is 2.33. The van der Waals surface area contributed by atoms with E-state index in [-0.39, 0.29) is 11.6 Å². The summed E-state index contributed by atoms with van der Waals surface area (Å²) in [4.78, 5) is 24.1. The lowest BCUT2D eigenvalue weighted by Gasteiger charge is -2.11. The molecule has 2 rings (SSSR count). The summed E-state index contributed by atoms with van der Waals surface area (Å²) in [5.74, 6) is 0.954. The number of amides is 2. The molecule has 0 saturated carbocycles. The lowest BCUT2D eigenvalue weighted by atomic mass is 10.1. The molecule has 0 radical (unpaired) electrons. The maximum atomic E-state index is 12.6. The molecule has 142 valence electrons. The van der Waals surface area contributed by atoms with Crippen LogP contribution in [0.1, 0.15) is 12.5 Å². The fourth-order valence-electron chi connectivity index (χ4n) is 2.33. The molecule has 7 heteroatoms. The Bertz CT molecular complexity index is 844. The van der Waals surface area contributed by atoms with E-state index < -0.39 is 5.91 Å². The minimum Gasteiger partial charge on any atom is -0.497 e. The van der Waals surface area contributed by atoms with Gasteiger partial charge in [0.1, 0.15) is 11.4 Å². The van der Waals surface area contributed by atoms with E-state index in [1.165, 1.54) is 14.0 Å². The molecule has 0 unspecified atom stereocenters. The summed E-state index contributed by atoms with van der Waals surface area (Å²) in [6, 6.07) is 12.1. The third-order valence-corrected chi connectivity index (χ3v) is 3.62. The highest BCUT2D eigenvalue weighted by atomic mass is 16.5. The van der Waals surface area contributed by atoms with Crippen molar-refractivity contribution in [1.82, 2.24) is 5.32 Å². The second-order valence-corrected chi connectivity index (χ2v) is 5.54.